The third-order valence-electron chi connectivity index (χ3n) is 4.21. The predicted octanol–water partition coefficient (Wildman–Crippen LogP) is 4.71. The van der Waals surface area contributed by atoms with Gasteiger partial charge >= 0.3 is 0 Å². The Bertz CT molecular complexity index is 966. The van der Waals surface area contributed by atoms with Gasteiger partial charge in [-0.25, -0.2) is 9.97 Å². The molecule has 0 aliphatic rings. The second-order valence-electron chi connectivity index (χ2n) is 6.41. The molecular formula is C21H22N4O. The highest BCUT2D eigenvalue weighted by Crippen LogP contribution is 2.20. The summed E-state index contributed by atoms with van der Waals surface area (Å²) in [4.78, 5) is 21.4. The summed E-state index contributed by atoms with van der Waals surface area (Å²) in [5, 5.41) is 6.10. The summed E-state index contributed by atoms with van der Waals surface area (Å²) in [6, 6.07) is 15.4. The van der Waals surface area contributed by atoms with E-state index in [0.29, 0.717) is 11.6 Å². The van der Waals surface area contributed by atoms with Crippen molar-refractivity contribution in [1.29, 1.82) is 0 Å². The molecule has 0 atom stereocenters. The van der Waals surface area contributed by atoms with Crippen LogP contribution in [-0.4, -0.2) is 15.9 Å². The van der Waals surface area contributed by atoms with Gasteiger partial charge in [0.15, 0.2) is 0 Å². The summed E-state index contributed by atoms with van der Waals surface area (Å²) in [7, 11) is 0. The molecule has 0 radical (unpaired) electrons. The van der Waals surface area contributed by atoms with Crippen LogP contribution in [0.3, 0.4) is 0 Å². The number of aromatic nitrogens is 2. The van der Waals surface area contributed by atoms with Gasteiger partial charge in [-0.1, -0.05) is 24.3 Å². The van der Waals surface area contributed by atoms with E-state index in [0.717, 1.165) is 33.8 Å². The highest BCUT2D eigenvalue weighted by atomic mass is 16.1. The first-order valence-corrected chi connectivity index (χ1v) is 8.49. The Morgan fingerprint density at radius 3 is 2.46 bits per heavy atom. The van der Waals surface area contributed by atoms with Crippen molar-refractivity contribution in [3.05, 3.63) is 76.6 Å². The van der Waals surface area contributed by atoms with Gasteiger partial charge in [0, 0.05) is 17.1 Å². The van der Waals surface area contributed by atoms with Crippen LogP contribution < -0.4 is 10.6 Å². The van der Waals surface area contributed by atoms with Crippen molar-refractivity contribution >= 4 is 23.2 Å². The number of carbonyl (C=O) groups is 1. The Hall–Kier alpha value is -3.21. The fourth-order valence-corrected chi connectivity index (χ4v) is 2.67. The van der Waals surface area contributed by atoms with Crippen LogP contribution >= 0.6 is 0 Å². The van der Waals surface area contributed by atoms with Crippen molar-refractivity contribution in [1.82, 2.24) is 9.97 Å². The van der Waals surface area contributed by atoms with Crippen molar-refractivity contribution in [3.8, 4) is 0 Å². The van der Waals surface area contributed by atoms with E-state index in [1.807, 2.05) is 70.2 Å². The van der Waals surface area contributed by atoms with Crippen molar-refractivity contribution < 1.29 is 4.79 Å². The van der Waals surface area contributed by atoms with Crippen LogP contribution in [0.1, 0.15) is 32.9 Å². The summed E-state index contributed by atoms with van der Waals surface area (Å²) in [6.45, 7) is 7.87. The van der Waals surface area contributed by atoms with Crippen molar-refractivity contribution in [2.75, 3.05) is 10.6 Å². The minimum atomic E-state index is -0.253. The van der Waals surface area contributed by atoms with E-state index in [-0.39, 0.29) is 5.91 Å². The van der Waals surface area contributed by atoms with E-state index >= 15 is 0 Å². The molecule has 0 spiro atoms. The Morgan fingerprint density at radius 2 is 1.69 bits per heavy atom. The molecule has 2 N–H and O–H groups in total. The Morgan fingerprint density at radius 1 is 0.923 bits per heavy atom. The van der Waals surface area contributed by atoms with Crippen LogP contribution in [0.15, 0.2) is 48.5 Å². The van der Waals surface area contributed by atoms with Gasteiger partial charge in [-0.05, 0) is 68.7 Å². The number of carbonyl (C=O) groups excluding carboxylic acids is 1. The Balaban J connectivity index is 1.84. The number of hydrogen-bond donors (Lipinski definition) is 2. The summed E-state index contributed by atoms with van der Waals surface area (Å²) in [5.74, 6) is 0.151. The molecule has 3 rings (SSSR count). The molecule has 0 fully saturated rings. The largest absolute Gasteiger partial charge is 0.324 e. The van der Waals surface area contributed by atoms with Gasteiger partial charge in [0.2, 0.25) is 5.95 Å². The zero-order valence-corrected chi connectivity index (χ0v) is 15.4. The molecule has 26 heavy (non-hydrogen) atoms. The number of hydrogen-bond acceptors (Lipinski definition) is 4. The van der Waals surface area contributed by atoms with E-state index in [1.165, 1.54) is 0 Å². The zero-order valence-electron chi connectivity index (χ0n) is 15.4. The van der Waals surface area contributed by atoms with Gasteiger partial charge in [-0.15, -0.1) is 0 Å². The van der Waals surface area contributed by atoms with Gasteiger partial charge in [0.25, 0.3) is 5.91 Å². The van der Waals surface area contributed by atoms with Gasteiger partial charge in [-0.3, -0.25) is 4.79 Å². The molecule has 0 saturated heterocycles. The van der Waals surface area contributed by atoms with E-state index in [2.05, 4.69) is 20.6 Å². The normalized spacial score (nSPS) is 10.5. The smallest absolute Gasteiger partial charge is 0.274 e. The van der Waals surface area contributed by atoms with Crippen LogP contribution in [0.5, 0.6) is 0 Å². The SMILES string of the molecule is Cc1cccc(Nc2nc(C)cc(C(=O)Nc3cccc(C)c3C)n2)c1. The van der Waals surface area contributed by atoms with E-state index in [1.54, 1.807) is 6.07 Å². The van der Waals surface area contributed by atoms with Gasteiger partial charge in [0.05, 0.1) is 0 Å². The fraction of sp³-hybridized carbons (Fsp3) is 0.190. The molecule has 5 heteroatoms. The molecule has 1 amide bonds. The molecule has 132 valence electrons. The molecule has 0 aliphatic heterocycles. The van der Waals surface area contributed by atoms with Gasteiger partial charge in [-0.2, -0.15) is 0 Å². The zero-order chi connectivity index (χ0) is 18.7. The number of nitrogens with zero attached hydrogens (tertiary/aromatic N) is 2. The summed E-state index contributed by atoms with van der Waals surface area (Å²) >= 11 is 0. The number of anilines is 3. The molecule has 0 bridgehead atoms. The average Bonchev–Trinajstić information content (AvgIpc) is 2.58. The van der Waals surface area contributed by atoms with Crippen molar-refractivity contribution in [2.24, 2.45) is 0 Å². The van der Waals surface area contributed by atoms with E-state index in [4.69, 9.17) is 0 Å². The summed E-state index contributed by atoms with van der Waals surface area (Å²) < 4.78 is 0. The van der Waals surface area contributed by atoms with Gasteiger partial charge < -0.3 is 10.6 Å². The van der Waals surface area contributed by atoms with E-state index in [9.17, 15) is 4.79 Å². The average molecular weight is 346 g/mol. The van der Waals surface area contributed by atoms with Crippen LogP contribution in [0, 0.1) is 27.7 Å². The lowest BCUT2D eigenvalue weighted by Crippen LogP contribution is -2.16. The lowest BCUT2D eigenvalue weighted by atomic mass is 10.1. The predicted molar refractivity (Wildman–Crippen MR) is 105 cm³/mol. The van der Waals surface area contributed by atoms with Crippen LogP contribution in [0.4, 0.5) is 17.3 Å². The summed E-state index contributed by atoms with van der Waals surface area (Å²) in [5.41, 5.74) is 6.04. The molecule has 1 heterocycles. The number of nitrogens with one attached hydrogen (secondary N) is 2. The second-order valence-corrected chi connectivity index (χ2v) is 6.41. The molecule has 3 aromatic rings. The fourth-order valence-electron chi connectivity index (χ4n) is 2.67. The number of benzene rings is 2. The second kappa shape index (κ2) is 7.35. The first-order valence-electron chi connectivity index (χ1n) is 8.49. The molecule has 0 unspecified atom stereocenters. The molecule has 0 saturated carbocycles. The highest BCUT2D eigenvalue weighted by molar-refractivity contribution is 6.03. The van der Waals surface area contributed by atoms with Crippen LogP contribution in [0.25, 0.3) is 0 Å². The van der Waals surface area contributed by atoms with Crippen molar-refractivity contribution in [3.63, 3.8) is 0 Å². The topological polar surface area (TPSA) is 66.9 Å². The summed E-state index contributed by atoms with van der Waals surface area (Å²) in [6.07, 6.45) is 0. The monoisotopic (exact) mass is 346 g/mol. The lowest BCUT2D eigenvalue weighted by molar-refractivity contribution is 0.102. The Kier molecular flexibility index (Phi) is 4.98. The molecule has 1 aromatic heterocycles. The maximum atomic E-state index is 12.7. The third-order valence-corrected chi connectivity index (χ3v) is 4.21. The number of aryl methyl sites for hydroxylation is 3. The first kappa shape index (κ1) is 17.6. The minimum absolute atomic E-state index is 0.253. The molecule has 0 aliphatic carbocycles. The van der Waals surface area contributed by atoms with E-state index < -0.39 is 0 Å². The van der Waals surface area contributed by atoms with Gasteiger partial charge in [0.1, 0.15) is 5.69 Å². The molecular weight excluding hydrogens is 324 g/mol. The number of rotatable bonds is 4. The van der Waals surface area contributed by atoms with Crippen molar-refractivity contribution in [2.45, 2.75) is 27.7 Å². The first-order chi connectivity index (χ1) is 12.4. The standard InChI is InChI=1S/C21H22N4O/c1-13-7-5-9-17(11-13)23-21-22-15(3)12-19(25-21)20(26)24-18-10-6-8-14(2)16(18)4/h5-12H,1-4H3,(H,24,26)(H,22,23,25). The quantitative estimate of drug-likeness (QED) is 0.718. The lowest BCUT2D eigenvalue weighted by Gasteiger charge is -2.11. The highest BCUT2D eigenvalue weighted by Gasteiger charge is 2.13. The minimum Gasteiger partial charge on any atom is -0.324 e. The maximum absolute atomic E-state index is 12.7. The molecule has 2 aromatic carbocycles. The third kappa shape index (κ3) is 4.06. The van der Waals surface area contributed by atoms with Crippen LogP contribution in [0.2, 0.25) is 0 Å². The number of amides is 1. The maximum Gasteiger partial charge on any atom is 0.274 e. The molecule has 5 nitrogen and oxygen atoms in total. The Labute approximate surface area is 153 Å². The van der Waals surface area contributed by atoms with Crippen LogP contribution in [-0.2, 0) is 0 Å².